The molecule has 2 amide bonds. The van der Waals surface area contributed by atoms with Crippen molar-refractivity contribution in [2.24, 2.45) is 0 Å². The van der Waals surface area contributed by atoms with Gasteiger partial charge in [-0.05, 0) is 43.4 Å². The van der Waals surface area contributed by atoms with E-state index in [1.807, 2.05) is 12.1 Å². The van der Waals surface area contributed by atoms with Crippen molar-refractivity contribution in [1.29, 1.82) is 0 Å². The van der Waals surface area contributed by atoms with Crippen molar-refractivity contribution in [2.75, 3.05) is 25.0 Å². The molecule has 1 aromatic rings. The smallest absolute Gasteiger partial charge is 0.222 e. The molecule has 1 N–H and O–H groups in total. The molecular formula is C20H29N3O2. The lowest BCUT2D eigenvalue weighted by molar-refractivity contribution is -0.134. The summed E-state index contributed by atoms with van der Waals surface area (Å²) in [4.78, 5) is 28.0. The van der Waals surface area contributed by atoms with Crippen LogP contribution in [0, 0.1) is 0 Å². The topological polar surface area (TPSA) is 52.7 Å². The summed E-state index contributed by atoms with van der Waals surface area (Å²) < 4.78 is 0. The van der Waals surface area contributed by atoms with Crippen molar-refractivity contribution in [3.8, 4) is 0 Å². The number of rotatable bonds is 4. The number of hydrogen-bond acceptors (Lipinski definition) is 3. The fourth-order valence-electron chi connectivity index (χ4n) is 3.93. The molecule has 2 heterocycles. The lowest BCUT2D eigenvalue weighted by Crippen LogP contribution is -2.47. The molecule has 0 saturated carbocycles. The van der Waals surface area contributed by atoms with Crippen LogP contribution in [-0.4, -0.2) is 47.3 Å². The lowest BCUT2D eigenvalue weighted by atomic mass is 10.0. The van der Waals surface area contributed by atoms with Crippen LogP contribution in [0.5, 0.6) is 0 Å². The number of hydrogen-bond donors (Lipinski definition) is 1. The second-order valence-corrected chi connectivity index (χ2v) is 7.28. The Morgan fingerprint density at radius 2 is 1.80 bits per heavy atom. The Labute approximate surface area is 150 Å². The van der Waals surface area contributed by atoms with Crippen LogP contribution < -0.4 is 5.32 Å². The summed E-state index contributed by atoms with van der Waals surface area (Å²) in [6.45, 7) is 5.49. The number of carbonyl (C=O) groups excluding carboxylic acids is 2. The first-order valence-electron chi connectivity index (χ1n) is 9.50. The quantitative estimate of drug-likeness (QED) is 0.914. The zero-order chi connectivity index (χ0) is 17.6. The minimum atomic E-state index is -0.0436. The molecule has 5 nitrogen and oxygen atoms in total. The lowest BCUT2D eigenvalue weighted by Gasteiger charge is -2.38. The highest BCUT2D eigenvalue weighted by atomic mass is 16.2. The van der Waals surface area contributed by atoms with Crippen LogP contribution in [0.3, 0.4) is 0 Å². The van der Waals surface area contributed by atoms with Crippen LogP contribution in [0.1, 0.15) is 51.0 Å². The number of anilines is 1. The zero-order valence-corrected chi connectivity index (χ0v) is 15.2. The van der Waals surface area contributed by atoms with Crippen LogP contribution in [0.2, 0.25) is 0 Å². The van der Waals surface area contributed by atoms with Crippen molar-refractivity contribution in [3.63, 3.8) is 0 Å². The van der Waals surface area contributed by atoms with Crippen molar-refractivity contribution >= 4 is 17.5 Å². The molecule has 136 valence electrons. The van der Waals surface area contributed by atoms with Gasteiger partial charge in [0, 0.05) is 51.3 Å². The van der Waals surface area contributed by atoms with E-state index in [0.29, 0.717) is 11.9 Å². The van der Waals surface area contributed by atoms with Gasteiger partial charge in [-0.15, -0.1) is 0 Å². The van der Waals surface area contributed by atoms with Crippen LogP contribution >= 0.6 is 0 Å². The first-order chi connectivity index (χ1) is 12.1. The minimum Gasteiger partial charge on any atom is -0.340 e. The third-order valence-electron chi connectivity index (χ3n) is 5.29. The van der Waals surface area contributed by atoms with E-state index in [9.17, 15) is 9.59 Å². The molecule has 2 aliphatic rings. The second-order valence-electron chi connectivity index (χ2n) is 7.28. The number of nitrogens with zero attached hydrogens (tertiary/aromatic N) is 2. The van der Waals surface area contributed by atoms with Gasteiger partial charge in [0.2, 0.25) is 11.8 Å². The molecule has 2 saturated heterocycles. The molecule has 2 fully saturated rings. The molecule has 0 bridgehead atoms. The second kappa shape index (κ2) is 8.48. The van der Waals surface area contributed by atoms with Gasteiger partial charge in [0.25, 0.3) is 0 Å². The average Bonchev–Trinajstić information content (AvgIpc) is 2.81. The Hall–Kier alpha value is -1.88. The van der Waals surface area contributed by atoms with Gasteiger partial charge in [-0.25, -0.2) is 0 Å². The molecule has 0 unspecified atom stereocenters. The zero-order valence-electron chi connectivity index (χ0n) is 15.2. The summed E-state index contributed by atoms with van der Waals surface area (Å²) in [5, 5.41) is 2.80. The van der Waals surface area contributed by atoms with E-state index in [2.05, 4.69) is 27.2 Å². The summed E-state index contributed by atoms with van der Waals surface area (Å²) in [6, 6.07) is 8.51. The fourth-order valence-corrected chi connectivity index (χ4v) is 3.93. The maximum Gasteiger partial charge on any atom is 0.222 e. The van der Waals surface area contributed by atoms with E-state index in [0.717, 1.165) is 64.0 Å². The van der Waals surface area contributed by atoms with Gasteiger partial charge in [-0.2, -0.15) is 0 Å². The van der Waals surface area contributed by atoms with E-state index in [4.69, 9.17) is 0 Å². The summed E-state index contributed by atoms with van der Waals surface area (Å²) >= 11 is 0. The van der Waals surface area contributed by atoms with Gasteiger partial charge in [0.05, 0.1) is 0 Å². The first-order valence-corrected chi connectivity index (χ1v) is 9.50. The summed E-state index contributed by atoms with van der Waals surface area (Å²) in [6.07, 6.45) is 6.30. The molecule has 0 radical (unpaired) electrons. The van der Waals surface area contributed by atoms with Gasteiger partial charge >= 0.3 is 0 Å². The molecule has 0 spiro atoms. The Balaban J connectivity index is 1.49. The van der Waals surface area contributed by atoms with Gasteiger partial charge in [-0.1, -0.05) is 18.6 Å². The predicted molar refractivity (Wildman–Crippen MR) is 99.2 cm³/mol. The third-order valence-corrected chi connectivity index (χ3v) is 5.29. The van der Waals surface area contributed by atoms with E-state index in [-0.39, 0.29) is 5.91 Å². The number of piperidine rings is 1. The average molecular weight is 343 g/mol. The highest BCUT2D eigenvalue weighted by Gasteiger charge is 2.28. The summed E-state index contributed by atoms with van der Waals surface area (Å²) in [5.74, 6) is 0.322. The van der Waals surface area contributed by atoms with E-state index in [1.54, 1.807) is 0 Å². The number of amides is 2. The number of benzene rings is 1. The molecule has 0 aliphatic carbocycles. The summed E-state index contributed by atoms with van der Waals surface area (Å²) in [5.41, 5.74) is 2.10. The highest BCUT2D eigenvalue weighted by Crippen LogP contribution is 2.22. The fraction of sp³-hybridized carbons (Fsp3) is 0.600. The Morgan fingerprint density at radius 3 is 2.48 bits per heavy atom. The maximum absolute atomic E-state index is 12.3. The van der Waals surface area contributed by atoms with Crippen molar-refractivity contribution < 1.29 is 9.59 Å². The van der Waals surface area contributed by atoms with Gasteiger partial charge in [-0.3, -0.25) is 14.5 Å². The maximum atomic E-state index is 12.3. The van der Waals surface area contributed by atoms with Crippen LogP contribution in [0.25, 0.3) is 0 Å². The molecule has 3 rings (SSSR count). The number of carbonyl (C=O) groups is 2. The molecular weight excluding hydrogens is 314 g/mol. The number of likely N-dealkylation sites (tertiary alicyclic amines) is 2. The van der Waals surface area contributed by atoms with Crippen molar-refractivity contribution in [3.05, 3.63) is 29.8 Å². The Kier molecular flexibility index (Phi) is 6.08. The number of nitrogens with one attached hydrogen (secondary N) is 1. The van der Waals surface area contributed by atoms with Crippen LogP contribution in [-0.2, 0) is 16.1 Å². The van der Waals surface area contributed by atoms with Crippen LogP contribution in [0.15, 0.2) is 24.3 Å². The van der Waals surface area contributed by atoms with E-state index >= 15 is 0 Å². The van der Waals surface area contributed by atoms with Crippen molar-refractivity contribution in [2.45, 2.75) is 58.0 Å². The largest absolute Gasteiger partial charge is 0.340 e. The SMILES string of the molecule is CC(=O)Nc1ccc(CN2CCC(N3CCCCCC3=O)CC2)cc1. The molecule has 5 heteroatoms. The third kappa shape index (κ3) is 5.05. The molecule has 1 aromatic carbocycles. The van der Waals surface area contributed by atoms with Gasteiger partial charge < -0.3 is 10.2 Å². The van der Waals surface area contributed by atoms with E-state index in [1.165, 1.54) is 18.9 Å². The molecule has 25 heavy (non-hydrogen) atoms. The van der Waals surface area contributed by atoms with Gasteiger partial charge in [0.1, 0.15) is 0 Å². The predicted octanol–water partition coefficient (Wildman–Crippen LogP) is 3.01. The summed E-state index contributed by atoms with van der Waals surface area (Å²) in [7, 11) is 0. The Bertz CT molecular complexity index is 591. The normalized spacial score (nSPS) is 20.4. The highest BCUT2D eigenvalue weighted by molar-refractivity contribution is 5.88. The molecule has 0 aromatic heterocycles. The monoisotopic (exact) mass is 343 g/mol. The Morgan fingerprint density at radius 1 is 1.08 bits per heavy atom. The standard InChI is InChI=1S/C20H29N3O2/c1-16(24)21-18-8-6-17(7-9-18)15-22-13-10-19(11-14-22)23-12-4-2-3-5-20(23)25/h6-9,19H,2-5,10-15H2,1H3,(H,21,24). The van der Waals surface area contributed by atoms with Crippen LogP contribution in [0.4, 0.5) is 5.69 Å². The molecule has 2 aliphatic heterocycles. The van der Waals surface area contributed by atoms with E-state index < -0.39 is 0 Å². The van der Waals surface area contributed by atoms with Gasteiger partial charge in [0.15, 0.2) is 0 Å². The minimum absolute atomic E-state index is 0.0436. The van der Waals surface area contributed by atoms with Crippen molar-refractivity contribution in [1.82, 2.24) is 9.80 Å². The first kappa shape index (κ1) is 17.9. The molecule has 0 atom stereocenters.